The third kappa shape index (κ3) is 8.53. The van der Waals surface area contributed by atoms with E-state index in [0.717, 1.165) is 49.8 Å². The molecule has 0 bridgehead atoms. The van der Waals surface area contributed by atoms with Crippen LogP contribution < -0.4 is 4.74 Å². The lowest BCUT2D eigenvalue weighted by atomic mass is 9.94. The summed E-state index contributed by atoms with van der Waals surface area (Å²) in [5.41, 5.74) is 4.15. The van der Waals surface area contributed by atoms with Crippen LogP contribution in [0.3, 0.4) is 0 Å². The van der Waals surface area contributed by atoms with Crippen molar-refractivity contribution < 1.29 is 34.1 Å². The molecule has 0 radical (unpaired) electrons. The van der Waals surface area contributed by atoms with Gasteiger partial charge in [-0.2, -0.15) is 0 Å². The topological polar surface area (TPSA) is 124 Å². The van der Waals surface area contributed by atoms with E-state index in [-0.39, 0.29) is 34.4 Å². The van der Waals surface area contributed by atoms with Gasteiger partial charge in [0.1, 0.15) is 5.75 Å². The number of nitrogens with zero attached hydrogens (tertiary/aromatic N) is 2. The Morgan fingerprint density at radius 1 is 0.685 bits per heavy atom. The maximum Gasteiger partial charge on any atom is 0.290 e. The molecule has 2 unspecified atom stereocenters. The number of halogens is 2. The highest BCUT2D eigenvalue weighted by Crippen LogP contribution is 2.43. The van der Waals surface area contributed by atoms with E-state index >= 15 is 0 Å². The van der Waals surface area contributed by atoms with Crippen LogP contribution in [0, 0.1) is 5.92 Å². The van der Waals surface area contributed by atoms with E-state index in [2.05, 4.69) is 31.9 Å². The first-order chi connectivity index (χ1) is 26.0. The number of carbonyl (C=O) groups excluding carboxylic acids is 4. The maximum absolute atomic E-state index is 12.8. The van der Waals surface area contributed by atoms with E-state index in [1.165, 1.54) is 6.92 Å². The molecule has 278 valence electrons. The minimum absolute atomic E-state index is 0.0537. The van der Waals surface area contributed by atoms with Gasteiger partial charge in [-0.05, 0) is 91.3 Å². The molecule has 2 aliphatic heterocycles. The Labute approximate surface area is 331 Å². The van der Waals surface area contributed by atoms with Crippen LogP contribution in [0.25, 0.3) is 0 Å². The molecule has 3 aliphatic rings. The number of aliphatic hydroxyl groups excluding tert-OH is 2. The third-order valence-corrected chi connectivity index (χ3v) is 10.9. The Morgan fingerprint density at radius 3 is 1.67 bits per heavy atom. The second-order valence-corrected chi connectivity index (χ2v) is 15.3. The van der Waals surface area contributed by atoms with Crippen LogP contribution in [-0.2, 0) is 32.0 Å². The van der Waals surface area contributed by atoms with Crippen molar-refractivity contribution in [3.05, 3.63) is 157 Å². The number of ketones is 2. The number of aliphatic hydroxyl groups is 2. The van der Waals surface area contributed by atoms with E-state index in [9.17, 15) is 29.4 Å². The van der Waals surface area contributed by atoms with Gasteiger partial charge in [0.2, 0.25) is 0 Å². The zero-order chi connectivity index (χ0) is 38.5. The first kappa shape index (κ1) is 38.7. The van der Waals surface area contributed by atoms with Crippen molar-refractivity contribution in [3.8, 4) is 5.75 Å². The monoisotopic (exact) mass is 854 g/mol. The van der Waals surface area contributed by atoms with Gasteiger partial charge in [-0.25, -0.2) is 0 Å². The van der Waals surface area contributed by atoms with Crippen molar-refractivity contribution in [1.82, 2.24) is 9.80 Å². The number of methoxy groups -OCH3 is 1. The zero-order valence-corrected chi connectivity index (χ0v) is 33.0. The summed E-state index contributed by atoms with van der Waals surface area (Å²) in [5.74, 6) is -1.52. The summed E-state index contributed by atoms with van der Waals surface area (Å²) < 4.78 is 7.06. The van der Waals surface area contributed by atoms with Crippen LogP contribution in [0.1, 0.15) is 54.1 Å². The van der Waals surface area contributed by atoms with Gasteiger partial charge in [0, 0.05) is 28.0 Å². The Bertz CT molecular complexity index is 2110. The first-order valence-corrected chi connectivity index (χ1v) is 19.3. The molecule has 2 atom stereocenters. The number of hydrogen-bond donors (Lipinski definition) is 2. The van der Waals surface area contributed by atoms with Crippen molar-refractivity contribution in [1.29, 1.82) is 0 Å². The number of amides is 2. The minimum Gasteiger partial charge on any atom is -0.503 e. The molecule has 0 aromatic heterocycles. The molecular weight excluding hydrogens is 816 g/mol. The van der Waals surface area contributed by atoms with Crippen LogP contribution >= 0.6 is 31.9 Å². The summed E-state index contributed by atoms with van der Waals surface area (Å²) in [4.78, 5) is 53.6. The molecule has 9 nitrogen and oxygen atoms in total. The summed E-state index contributed by atoms with van der Waals surface area (Å²) in [6, 6.07) is 31.4. The quantitative estimate of drug-likeness (QED) is 0.147. The zero-order valence-electron chi connectivity index (χ0n) is 29.9. The smallest absolute Gasteiger partial charge is 0.290 e. The summed E-state index contributed by atoms with van der Waals surface area (Å²) in [5, 5.41) is 20.8. The molecule has 1 aliphatic carbocycles. The van der Waals surface area contributed by atoms with Gasteiger partial charge in [-0.3, -0.25) is 19.2 Å². The molecule has 1 saturated carbocycles. The molecular formula is C43H40Br2N2O7. The average Bonchev–Trinajstić information content (AvgIpc) is 3.96. The average molecular weight is 857 g/mol. The van der Waals surface area contributed by atoms with E-state index < -0.39 is 29.7 Å². The summed E-state index contributed by atoms with van der Waals surface area (Å²) in [6.45, 7) is 2.18. The summed E-state index contributed by atoms with van der Waals surface area (Å²) in [6.07, 6.45) is 2.91. The molecule has 2 N–H and O–H groups in total. The molecule has 54 heavy (non-hydrogen) atoms. The Kier molecular flexibility index (Phi) is 12.2. The molecule has 4 aromatic rings. The van der Waals surface area contributed by atoms with E-state index in [4.69, 9.17) is 4.74 Å². The molecule has 0 saturated heterocycles. The third-order valence-electron chi connectivity index (χ3n) is 9.83. The fourth-order valence-electron chi connectivity index (χ4n) is 6.90. The van der Waals surface area contributed by atoms with Gasteiger partial charge in [-0.1, -0.05) is 98.6 Å². The number of benzene rings is 4. The normalized spacial score (nSPS) is 18.2. The highest BCUT2D eigenvalue weighted by Gasteiger charge is 2.47. The lowest BCUT2D eigenvalue weighted by molar-refractivity contribution is -0.130. The molecule has 2 heterocycles. The van der Waals surface area contributed by atoms with E-state index in [1.54, 1.807) is 16.9 Å². The van der Waals surface area contributed by atoms with Gasteiger partial charge >= 0.3 is 0 Å². The molecule has 7 rings (SSSR count). The van der Waals surface area contributed by atoms with Crippen LogP contribution in [0.4, 0.5) is 0 Å². The van der Waals surface area contributed by atoms with Crippen LogP contribution in [0.15, 0.2) is 135 Å². The fourth-order valence-corrected chi connectivity index (χ4v) is 7.43. The highest BCUT2D eigenvalue weighted by molar-refractivity contribution is 9.10. The predicted octanol–water partition coefficient (Wildman–Crippen LogP) is 8.35. The predicted molar refractivity (Wildman–Crippen MR) is 212 cm³/mol. The van der Waals surface area contributed by atoms with Gasteiger partial charge in [0.25, 0.3) is 11.8 Å². The summed E-state index contributed by atoms with van der Waals surface area (Å²) >= 11 is 6.81. The summed E-state index contributed by atoms with van der Waals surface area (Å²) in [7, 11) is 1.60. The molecule has 1 fully saturated rings. The van der Waals surface area contributed by atoms with E-state index in [1.807, 2.05) is 103 Å². The number of carbonyl (C=O) groups is 4. The lowest BCUT2D eigenvalue weighted by Crippen LogP contribution is -2.33. The number of ether oxygens (including phenoxy) is 1. The van der Waals surface area contributed by atoms with Crippen molar-refractivity contribution in [2.45, 2.75) is 44.7 Å². The molecule has 4 aromatic carbocycles. The second-order valence-electron chi connectivity index (χ2n) is 13.5. The van der Waals surface area contributed by atoms with E-state index in [0.29, 0.717) is 25.9 Å². The van der Waals surface area contributed by atoms with Gasteiger partial charge < -0.3 is 24.7 Å². The minimum atomic E-state index is -0.589. The molecule has 2 amide bonds. The standard InChI is InChI=1S/C22H20BrNO3.C21H20BrNO4/c23-17-10-8-15(9-11-17)19-18(20(25)16-6-7-16)21(26)22(27)24(19)13-12-14-4-2-1-3-5-14;1-13(24)18-19(15-6-8-16(22)9-7-15)23(21(26)20(18)25)11-10-14-4-3-5-17(12-14)27-2/h1-5,8-11,16,19,26H,6-7,12-13H2;3-9,12,19,25H,10-11H2,1-2H3. The van der Waals surface area contributed by atoms with Crippen molar-refractivity contribution in [2.24, 2.45) is 5.92 Å². The van der Waals surface area contributed by atoms with Crippen LogP contribution in [-0.4, -0.2) is 63.6 Å². The second kappa shape index (κ2) is 17.0. The lowest BCUT2D eigenvalue weighted by Gasteiger charge is -2.27. The largest absolute Gasteiger partial charge is 0.503 e. The van der Waals surface area contributed by atoms with Crippen molar-refractivity contribution in [3.63, 3.8) is 0 Å². The number of rotatable bonds is 12. The van der Waals surface area contributed by atoms with Gasteiger partial charge in [0.05, 0.1) is 30.3 Å². The number of hydrogen-bond acceptors (Lipinski definition) is 7. The maximum atomic E-state index is 12.8. The van der Waals surface area contributed by atoms with Crippen molar-refractivity contribution in [2.75, 3.05) is 20.2 Å². The Balaban J connectivity index is 0.000000184. The fraction of sp³-hybridized carbons (Fsp3) is 0.256. The van der Waals surface area contributed by atoms with Crippen LogP contribution in [0.5, 0.6) is 5.75 Å². The first-order valence-electron chi connectivity index (χ1n) is 17.7. The van der Waals surface area contributed by atoms with Gasteiger partial charge in [-0.15, -0.1) is 0 Å². The SMILES string of the molecule is COc1cccc(CCN2C(=O)C(O)=C(C(C)=O)C2c2ccc(Br)cc2)c1.O=C(C1=C(O)C(=O)N(CCc2ccccc2)C1c1ccc(Br)cc1)C1CC1. The van der Waals surface area contributed by atoms with Gasteiger partial charge in [0.15, 0.2) is 23.1 Å². The number of Topliss-reactive ketones (excluding diaryl/α,β-unsaturated/α-hetero) is 2. The van der Waals surface area contributed by atoms with Crippen LogP contribution in [0.2, 0.25) is 0 Å². The highest BCUT2D eigenvalue weighted by atomic mass is 79.9. The molecule has 0 spiro atoms. The molecule has 11 heteroatoms. The Morgan fingerprint density at radius 2 is 1.17 bits per heavy atom. The Hall–Kier alpha value is -5.00. The van der Waals surface area contributed by atoms with Crippen molar-refractivity contribution >= 4 is 55.2 Å².